The van der Waals surface area contributed by atoms with Crippen LogP contribution in [0.25, 0.3) is 0 Å². The minimum atomic E-state index is -0.244. The Bertz CT molecular complexity index is 496. The van der Waals surface area contributed by atoms with Crippen LogP contribution in [0.4, 0.5) is 4.39 Å². The molecule has 1 atom stereocenters. The van der Waals surface area contributed by atoms with Crippen molar-refractivity contribution in [1.29, 1.82) is 0 Å². The molecule has 1 aromatic heterocycles. The first-order valence-corrected chi connectivity index (χ1v) is 5.38. The molecule has 6 heteroatoms. The van der Waals surface area contributed by atoms with Crippen molar-refractivity contribution in [3.05, 3.63) is 41.5 Å². The van der Waals surface area contributed by atoms with Gasteiger partial charge in [0.05, 0.1) is 7.05 Å². The van der Waals surface area contributed by atoms with Crippen molar-refractivity contribution < 1.29 is 4.39 Å². The number of aromatic nitrogens is 4. The van der Waals surface area contributed by atoms with Crippen LogP contribution in [0, 0.1) is 5.82 Å². The summed E-state index contributed by atoms with van der Waals surface area (Å²) in [5.74, 6) is 0.207. The third-order valence-corrected chi connectivity index (χ3v) is 2.61. The molecule has 5 nitrogen and oxygen atoms in total. The minimum absolute atomic E-state index is 0.125. The molecule has 0 saturated carbocycles. The topological polar surface area (TPSA) is 69.6 Å². The molecule has 0 aliphatic carbocycles. The second-order valence-corrected chi connectivity index (χ2v) is 3.85. The Labute approximate surface area is 98.4 Å². The molecule has 90 valence electrons. The molecule has 0 saturated heterocycles. The first-order chi connectivity index (χ1) is 8.20. The van der Waals surface area contributed by atoms with Crippen molar-refractivity contribution in [3.8, 4) is 0 Å². The monoisotopic (exact) mass is 235 g/mol. The van der Waals surface area contributed by atoms with Crippen molar-refractivity contribution in [2.45, 2.75) is 12.3 Å². The predicted octanol–water partition coefficient (Wildman–Crippen LogP) is 0.634. The zero-order valence-corrected chi connectivity index (χ0v) is 9.55. The number of halogens is 1. The van der Waals surface area contributed by atoms with Crippen molar-refractivity contribution in [3.63, 3.8) is 0 Å². The summed E-state index contributed by atoms with van der Waals surface area (Å²) in [5, 5.41) is 11.7. The molecule has 0 fully saturated rings. The zero-order chi connectivity index (χ0) is 12.3. The summed E-state index contributed by atoms with van der Waals surface area (Å²) in [4.78, 5) is 1.38. The van der Waals surface area contributed by atoms with Crippen molar-refractivity contribution in [2.24, 2.45) is 12.8 Å². The Morgan fingerprint density at radius 3 is 2.76 bits per heavy atom. The summed E-state index contributed by atoms with van der Waals surface area (Å²) < 4.78 is 13.6. The largest absolute Gasteiger partial charge is 0.330 e. The van der Waals surface area contributed by atoms with Gasteiger partial charge in [-0.15, -0.1) is 10.2 Å². The molecule has 0 spiro atoms. The number of tetrazole rings is 1. The molecular weight excluding hydrogens is 221 g/mol. The number of rotatable bonds is 4. The average Bonchev–Trinajstić information content (AvgIpc) is 2.73. The first kappa shape index (κ1) is 11.7. The summed E-state index contributed by atoms with van der Waals surface area (Å²) in [6.45, 7) is 0.346. The molecule has 2 N–H and O–H groups in total. The Balaban J connectivity index is 2.20. The fourth-order valence-corrected chi connectivity index (χ4v) is 1.75. The highest BCUT2D eigenvalue weighted by atomic mass is 19.1. The number of nitrogens with two attached hydrogens (primary N) is 1. The number of aryl methyl sites for hydroxylation is 1. The molecule has 0 aliphatic heterocycles. The molecule has 1 heterocycles. The Hall–Kier alpha value is -1.82. The van der Waals surface area contributed by atoms with Gasteiger partial charge in [0.15, 0.2) is 5.82 Å². The quantitative estimate of drug-likeness (QED) is 0.844. The molecule has 2 rings (SSSR count). The lowest BCUT2D eigenvalue weighted by Crippen LogP contribution is -2.17. The maximum atomic E-state index is 13.6. The Morgan fingerprint density at radius 1 is 1.41 bits per heavy atom. The Kier molecular flexibility index (Phi) is 3.43. The molecule has 2 aromatic rings. The average molecular weight is 235 g/mol. The van der Waals surface area contributed by atoms with Crippen LogP contribution < -0.4 is 5.73 Å². The number of hydrogen-bond acceptors (Lipinski definition) is 4. The van der Waals surface area contributed by atoms with E-state index in [4.69, 9.17) is 5.73 Å². The minimum Gasteiger partial charge on any atom is -0.330 e. The van der Waals surface area contributed by atoms with E-state index in [9.17, 15) is 4.39 Å². The lowest BCUT2D eigenvalue weighted by Gasteiger charge is -2.13. The van der Waals surface area contributed by atoms with Gasteiger partial charge in [-0.25, -0.2) is 4.39 Å². The van der Waals surface area contributed by atoms with Crippen molar-refractivity contribution in [2.75, 3.05) is 6.54 Å². The van der Waals surface area contributed by atoms with Crippen LogP contribution >= 0.6 is 0 Å². The summed E-state index contributed by atoms with van der Waals surface area (Å²) in [7, 11) is 1.69. The van der Waals surface area contributed by atoms with E-state index in [0.29, 0.717) is 24.4 Å². The van der Waals surface area contributed by atoms with E-state index < -0.39 is 0 Å². The van der Waals surface area contributed by atoms with Crippen LogP contribution in [0.3, 0.4) is 0 Å². The number of hydrogen-bond donors (Lipinski definition) is 1. The maximum Gasteiger partial charge on any atom is 0.175 e. The first-order valence-electron chi connectivity index (χ1n) is 5.38. The van der Waals surface area contributed by atoms with Crippen LogP contribution in [0.15, 0.2) is 24.3 Å². The van der Waals surface area contributed by atoms with Gasteiger partial charge in [-0.1, -0.05) is 18.2 Å². The van der Waals surface area contributed by atoms with Crippen LogP contribution in [0.1, 0.15) is 17.3 Å². The molecule has 1 unspecified atom stereocenters. The van der Waals surface area contributed by atoms with Gasteiger partial charge >= 0.3 is 0 Å². The summed E-state index contributed by atoms with van der Waals surface area (Å²) in [5.41, 5.74) is 6.28. The van der Waals surface area contributed by atoms with Gasteiger partial charge in [0.25, 0.3) is 0 Å². The van der Waals surface area contributed by atoms with Crippen molar-refractivity contribution in [1.82, 2.24) is 20.2 Å². The van der Waals surface area contributed by atoms with E-state index in [2.05, 4.69) is 15.4 Å². The summed E-state index contributed by atoms with van der Waals surface area (Å²) in [6, 6.07) is 6.63. The Morgan fingerprint density at radius 2 is 2.18 bits per heavy atom. The summed E-state index contributed by atoms with van der Waals surface area (Å²) in [6.07, 6.45) is 0.491. The lowest BCUT2D eigenvalue weighted by atomic mass is 9.95. The van der Waals surface area contributed by atoms with Gasteiger partial charge in [0, 0.05) is 12.3 Å². The second-order valence-electron chi connectivity index (χ2n) is 3.85. The lowest BCUT2D eigenvalue weighted by molar-refractivity contribution is 0.568. The van der Waals surface area contributed by atoms with Crippen LogP contribution in [0.2, 0.25) is 0 Å². The van der Waals surface area contributed by atoms with E-state index >= 15 is 0 Å². The molecule has 17 heavy (non-hydrogen) atoms. The molecule has 0 aliphatic rings. The van der Waals surface area contributed by atoms with Gasteiger partial charge in [0.1, 0.15) is 5.82 Å². The maximum absolute atomic E-state index is 13.6. The molecule has 0 bridgehead atoms. The standard InChI is InChI=1S/C11H14FN5/c1-17-15-11(14-16-17)6-8(7-13)9-4-2-3-5-10(9)12/h2-5,8H,6-7,13H2,1H3. The van der Waals surface area contributed by atoms with E-state index in [1.807, 2.05) is 0 Å². The highest BCUT2D eigenvalue weighted by Crippen LogP contribution is 2.20. The van der Waals surface area contributed by atoms with Crippen LogP contribution in [0.5, 0.6) is 0 Å². The van der Waals surface area contributed by atoms with Gasteiger partial charge in [-0.05, 0) is 23.4 Å². The van der Waals surface area contributed by atoms with Gasteiger partial charge in [0.2, 0.25) is 0 Å². The van der Waals surface area contributed by atoms with Gasteiger partial charge < -0.3 is 5.73 Å². The smallest absolute Gasteiger partial charge is 0.175 e. The number of nitrogens with zero attached hydrogens (tertiary/aromatic N) is 4. The van der Waals surface area contributed by atoms with Crippen LogP contribution in [-0.2, 0) is 13.5 Å². The molecule has 1 aromatic carbocycles. The van der Waals surface area contributed by atoms with Crippen molar-refractivity contribution >= 4 is 0 Å². The van der Waals surface area contributed by atoms with E-state index in [1.165, 1.54) is 10.9 Å². The van der Waals surface area contributed by atoms with Crippen LogP contribution in [-0.4, -0.2) is 26.8 Å². The third-order valence-electron chi connectivity index (χ3n) is 2.61. The normalized spacial score (nSPS) is 12.6. The van der Waals surface area contributed by atoms with E-state index in [1.54, 1.807) is 25.2 Å². The SMILES string of the molecule is Cn1nnc(CC(CN)c2ccccc2F)n1. The number of benzene rings is 1. The third kappa shape index (κ3) is 2.65. The molecule has 0 amide bonds. The molecular formula is C11H14FN5. The second kappa shape index (κ2) is 5.01. The van der Waals surface area contributed by atoms with Gasteiger partial charge in [-0.2, -0.15) is 4.80 Å². The fourth-order valence-electron chi connectivity index (χ4n) is 1.75. The predicted molar refractivity (Wildman–Crippen MR) is 60.7 cm³/mol. The van der Waals surface area contributed by atoms with Gasteiger partial charge in [-0.3, -0.25) is 0 Å². The zero-order valence-electron chi connectivity index (χ0n) is 9.55. The summed E-state index contributed by atoms with van der Waals surface area (Å²) >= 11 is 0. The fraction of sp³-hybridized carbons (Fsp3) is 0.364. The molecule has 0 radical (unpaired) electrons. The highest BCUT2D eigenvalue weighted by Gasteiger charge is 2.16. The van der Waals surface area contributed by atoms with E-state index in [-0.39, 0.29) is 11.7 Å². The van der Waals surface area contributed by atoms with E-state index in [0.717, 1.165) is 0 Å². The highest BCUT2D eigenvalue weighted by molar-refractivity contribution is 5.23.